The van der Waals surface area contributed by atoms with Crippen LogP contribution in [0.15, 0.2) is 24.4 Å². The number of fused-ring (bicyclic) bond motifs is 2. The number of pyridine rings is 2. The monoisotopic (exact) mass is 609 g/mol. The fourth-order valence-corrected chi connectivity index (χ4v) is 6.86. The van der Waals surface area contributed by atoms with Crippen LogP contribution in [0.25, 0.3) is 10.3 Å². The van der Waals surface area contributed by atoms with Gasteiger partial charge >= 0.3 is 6.03 Å². The van der Waals surface area contributed by atoms with Crippen LogP contribution in [0.1, 0.15) is 72.2 Å². The van der Waals surface area contributed by atoms with Crippen molar-refractivity contribution in [1.82, 2.24) is 30.5 Å². The molecule has 6 rings (SSSR count). The number of imide groups is 1. The first-order chi connectivity index (χ1) is 20.6. The second kappa shape index (κ2) is 11.9. The summed E-state index contributed by atoms with van der Waals surface area (Å²) in [6.45, 7) is 5.98. The number of aliphatic hydroxyl groups excluding tert-OH is 1. The molecule has 4 amide bonds. The molecule has 13 heteroatoms. The van der Waals surface area contributed by atoms with E-state index in [0.29, 0.717) is 61.2 Å². The van der Waals surface area contributed by atoms with Crippen LogP contribution in [-0.4, -0.2) is 80.8 Å². The third kappa shape index (κ3) is 6.24. The number of halogens is 1. The topological polar surface area (TPSA) is 141 Å². The van der Waals surface area contributed by atoms with Gasteiger partial charge in [-0.15, -0.1) is 0 Å². The van der Waals surface area contributed by atoms with Gasteiger partial charge in [-0.3, -0.25) is 19.8 Å². The summed E-state index contributed by atoms with van der Waals surface area (Å²) >= 11 is 1.22. The number of rotatable bonds is 8. The first-order valence-corrected chi connectivity index (χ1v) is 15.7. The Kier molecular flexibility index (Phi) is 8.14. The Bertz CT molecular complexity index is 1540. The molecule has 2 saturated heterocycles. The molecule has 228 valence electrons. The molecular formula is C30H36FN7O4S. The maximum absolute atomic E-state index is 15.4. The summed E-state index contributed by atoms with van der Waals surface area (Å²) in [4.78, 5) is 55.2. The molecule has 3 aromatic rings. The van der Waals surface area contributed by atoms with Gasteiger partial charge in [-0.05, 0) is 61.3 Å². The number of nitrogens with zero attached hydrogens (tertiary/aromatic N) is 5. The zero-order valence-corrected chi connectivity index (χ0v) is 25.1. The van der Waals surface area contributed by atoms with Gasteiger partial charge in [-0.2, -0.15) is 0 Å². The van der Waals surface area contributed by atoms with Crippen molar-refractivity contribution in [2.75, 3.05) is 31.1 Å². The summed E-state index contributed by atoms with van der Waals surface area (Å²) in [6.07, 6.45) is 4.66. The molecule has 5 heterocycles. The maximum Gasteiger partial charge on any atom is 0.330 e. The molecule has 3 N–H and O–H groups in total. The number of carbonyl (C=O) groups is 3. The van der Waals surface area contributed by atoms with E-state index in [9.17, 15) is 19.5 Å². The van der Waals surface area contributed by atoms with Gasteiger partial charge in [0.05, 0.1) is 12.1 Å². The van der Waals surface area contributed by atoms with E-state index in [1.807, 2.05) is 19.9 Å². The molecular weight excluding hydrogens is 573 g/mol. The molecule has 0 saturated carbocycles. The summed E-state index contributed by atoms with van der Waals surface area (Å²) in [7, 11) is 0. The smallest absolute Gasteiger partial charge is 0.330 e. The Morgan fingerprint density at radius 1 is 1.26 bits per heavy atom. The van der Waals surface area contributed by atoms with Gasteiger partial charge in [0.25, 0.3) is 5.91 Å². The van der Waals surface area contributed by atoms with Gasteiger partial charge in [-0.1, -0.05) is 31.3 Å². The standard InChI is InChI=1S/C30H36FN7O4S/c1-17(2)30(31)9-5-21-19(14-30)13-23-27(34-21)43-28(35-23)26(41)33-22(8-12-37-10-6-20(39)7-11-37)18-3-4-24(32-15-18)38-16-25(40)36-29(38)42/h3-4,13,15,17,20,22,39H,5-12,14,16H2,1-2H3,(H,33,41)(H,36,40,42)/t22-,30?/m1/s1. The summed E-state index contributed by atoms with van der Waals surface area (Å²) in [5, 5.41) is 15.5. The van der Waals surface area contributed by atoms with Crippen molar-refractivity contribution in [2.45, 2.75) is 70.2 Å². The van der Waals surface area contributed by atoms with Crippen LogP contribution in [0.5, 0.6) is 0 Å². The lowest BCUT2D eigenvalue weighted by atomic mass is 9.77. The van der Waals surface area contributed by atoms with Gasteiger partial charge in [-0.25, -0.2) is 24.1 Å². The van der Waals surface area contributed by atoms with E-state index >= 15 is 4.39 Å². The largest absolute Gasteiger partial charge is 0.393 e. The number of alkyl halides is 1. The number of carbonyl (C=O) groups excluding carboxylic acids is 3. The van der Waals surface area contributed by atoms with Crippen molar-refractivity contribution in [3.05, 3.63) is 46.2 Å². The summed E-state index contributed by atoms with van der Waals surface area (Å²) in [5.74, 6) is -0.477. The fraction of sp³-hybridized carbons (Fsp3) is 0.533. The minimum Gasteiger partial charge on any atom is -0.393 e. The number of thiazole rings is 1. The highest BCUT2D eigenvalue weighted by Gasteiger charge is 2.38. The van der Waals surface area contributed by atoms with Crippen LogP contribution in [0.3, 0.4) is 0 Å². The lowest BCUT2D eigenvalue weighted by Crippen LogP contribution is -2.38. The molecule has 11 nitrogen and oxygen atoms in total. The average molecular weight is 610 g/mol. The molecule has 1 aliphatic carbocycles. The highest BCUT2D eigenvalue weighted by molar-refractivity contribution is 7.19. The predicted molar refractivity (Wildman–Crippen MR) is 160 cm³/mol. The zero-order valence-electron chi connectivity index (χ0n) is 24.3. The first-order valence-electron chi connectivity index (χ1n) is 14.8. The number of likely N-dealkylation sites (tertiary alicyclic amines) is 1. The number of aryl methyl sites for hydroxylation is 1. The Labute approximate surface area is 252 Å². The molecule has 3 aromatic heterocycles. The van der Waals surface area contributed by atoms with E-state index in [0.717, 1.165) is 29.9 Å². The minimum atomic E-state index is -1.27. The van der Waals surface area contributed by atoms with E-state index in [1.165, 1.54) is 16.2 Å². The summed E-state index contributed by atoms with van der Waals surface area (Å²) in [6, 6.07) is 4.43. The van der Waals surface area contributed by atoms with E-state index < -0.39 is 17.7 Å². The number of hydrogen-bond acceptors (Lipinski definition) is 9. The van der Waals surface area contributed by atoms with E-state index in [1.54, 1.807) is 18.3 Å². The van der Waals surface area contributed by atoms with Gasteiger partial charge in [0, 0.05) is 37.9 Å². The highest BCUT2D eigenvalue weighted by Crippen LogP contribution is 2.38. The van der Waals surface area contributed by atoms with E-state index in [-0.39, 0.29) is 35.4 Å². The second-order valence-corrected chi connectivity index (χ2v) is 13.1. The maximum atomic E-state index is 15.4. The second-order valence-electron chi connectivity index (χ2n) is 12.1. The fourth-order valence-electron chi connectivity index (χ4n) is 6.02. The Morgan fingerprint density at radius 3 is 2.72 bits per heavy atom. The number of amides is 4. The Balaban J connectivity index is 1.21. The quantitative estimate of drug-likeness (QED) is 0.331. The molecule has 0 radical (unpaired) electrons. The van der Waals surface area contributed by atoms with Gasteiger partial charge < -0.3 is 15.3 Å². The molecule has 3 aliphatic rings. The SMILES string of the molecule is CC(C)C1(F)CCc2nc3sc(C(=O)N[C@H](CCN4CCC(O)CC4)c4ccc(N5CC(=O)NC5=O)nc4)nc3cc2C1. The molecule has 1 unspecified atom stereocenters. The minimum absolute atomic E-state index is 0.0923. The molecule has 43 heavy (non-hydrogen) atoms. The van der Waals surface area contributed by atoms with Crippen LogP contribution in [0.4, 0.5) is 15.0 Å². The van der Waals surface area contributed by atoms with Crippen molar-refractivity contribution >= 4 is 45.3 Å². The summed E-state index contributed by atoms with van der Waals surface area (Å²) < 4.78 is 15.4. The molecule has 0 spiro atoms. The number of aliphatic hydroxyl groups is 1. The lowest BCUT2D eigenvalue weighted by molar-refractivity contribution is -0.117. The van der Waals surface area contributed by atoms with E-state index in [2.05, 4.69) is 25.5 Å². The van der Waals surface area contributed by atoms with Crippen LogP contribution in [0, 0.1) is 5.92 Å². The van der Waals surface area contributed by atoms with Gasteiger partial charge in [0.1, 0.15) is 28.4 Å². The zero-order chi connectivity index (χ0) is 30.3. The van der Waals surface area contributed by atoms with Crippen molar-refractivity contribution in [3.63, 3.8) is 0 Å². The number of aromatic nitrogens is 3. The lowest BCUT2D eigenvalue weighted by Gasteiger charge is -2.33. The van der Waals surface area contributed by atoms with Crippen LogP contribution in [0.2, 0.25) is 0 Å². The van der Waals surface area contributed by atoms with E-state index in [4.69, 9.17) is 4.98 Å². The normalized spacial score (nSPS) is 22.2. The molecule has 2 atom stereocenters. The summed E-state index contributed by atoms with van der Waals surface area (Å²) in [5.41, 5.74) is 1.81. The number of nitrogens with one attached hydrogen (secondary N) is 2. The van der Waals surface area contributed by atoms with Gasteiger partial charge in [0.2, 0.25) is 5.91 Å². The Hall–Kier alpha value is -3.55. The molecule has 0 bridgehead atoms. The van der Waals surface area contributed by atoms with Crippen LogP contribution < -0.4 is 15.5 Å². The van der Waals surface area contributed by atoms with Crippen molar-refractivity contribution < 1.29 is 23.9 Å². The first kappa shape index (κ1) is 29.5. The highest BCUT2D eigenvalue weighted by atomic mass is 32.1. The molecule has 0 aromatic carbocycles. The Morgan fingerprint density at radius 2 is 2.05 bits per heavy atom. The predicted octanol–water partition coefficient (Wildman–Crippen LogP) is 3.31. The number of hydrogen-bond donors (Lipinski definition) is 3. The van der Waals surface area contributed by atoms with Crippen molar-refractivity contribution in [1.29, 1.82) is 0 Å². The number of urea groups is 1. The molecule has 2 aliphatic heterocycles. The van der Waals surface area contributed by atoms with Crippen LogP contribution in [-0.2, 0) is 17.6 Å². The third-order valence-electron chi connectivity index (χ3n) is 8.88. The van der Waals surface area contributed by atoms with Crippen molar-refractivity contribution in [3.8, 4) is 0 Å². The average Bonchev–Trinajstić information content (AvgIpc) is 3.56. The van der Waals surface area contributed by atoms with Crippen LogP contribution >= 0.6 is 11.3 Å². The number of piperidine rings is 1. The van der Waals surface area contributed by atoms with Gasteiger partial charge in [0.15, 0.2) is 5.01 Å². The number of anilines is 1. The molecule has 2 fully saturated rings. The van der Waals surface area contributed by atoms with Crippen molar-refractivity contribution in [2.24, 2.45) is 5.92 Å². The third-order valence-corrected chi connectivity index (χ3v) is 9.85.